The summed E-state index contributed by atoms with van der Waals surface area (Å²) in [6.07, 6.45) is 3.27. The van der Waals surface area contributed by atoms with Gasteiger partial charge in [-0.1, -0.05) is 36.4 Å². The van der Waals surface area contributed by atoms with E-state index in [0.29, 0.717) is 11.3 Å². The third-order valence-electron chi connectivity index (χ3n) is 4.86. The Labute approximate surface area is 157 Å². The van der Waals surface area contributed by atoms with Gasteiger partial charge in [0, 0.05) is 7.05 Å². The number of methoxy groups -OCH3 is 2. The third kappa shape index (κ3) is 3.07. The zero-order chi connectivity index (χ0) is 19.6. The highest BCUT2D eigenvalue weighted by atomic mass is 19.1. The van der Waals surface area contributed by atoms with Gasteiger partial charge in [0.25, 0.3) is 0 Å². The predicted molar refractivity (Wildman–Crippen MR) is 98.4 cm³/mol. The maximum atomic E-state index is 13.3. The van der Waals surface area contributed by atoms with Gasteiger partial charge in [-0.25, -0.2) is 4.39 Å². The van der Waals surface area contributed by atoms with E-state index in [1.54, 1.807) is 50.6 Å². The maximum Gasteiger partial charge on any atom is 0.327 e. The second-order valence-corrected chi connectivity index (χ2v) is 6.34. The summed E-state index contributed by atoms with van der Waals surface area (Å²) >= 11 is 0. The van der Waals surface area contributed by atoms with Crippen LogP contribution in [0.1, 0.15) is 17.2 Å². The molecule has 1 amide bonds. The molecule has 140 valence electrons. The van der Waals surface area contributed by atoms with Crippen LogP contribution >= 0.6 is 0 Å². The van der Waals surface area contributed by atoms with Crippen molar-refractivity contribution in [3.05, 3.63) is 71.6 Å². The topological polar surface area (TPSA) is 55.8 Å². The van der Waals surface area contributed by atoms with Gasteiger partial charge in [0.2, 0.25) is 5.91 Å². The number of hydrogen-bond acceptors (Lipinski definition) is 4. The van der Waals surface area contributed by atoms with Crippen LogP contribution in [0.25, 0.3) is 6.08 Å². The van der Waals surface area contributed by atoms with Crippen molar-refractivity contribution in [3.63, 3.8) is 0 Å². The van der Waals surface area contributed by atoms with Gasteiger partial charge < -0.3 is 14.4 Å². The van der Waals surface area contributed by atoms with Crippen molar-refractivity contribution in [2.24, 2.45) is 5.41 Å². The first-order valence-electron chi connectivity index (χ1n) is 8.38. The summed E-state index contributed by atoms with van der Waals surface area (Å²) in [5.41, 5.74) is -0.0242. The number of likely N-dealkylation sites (tertiary alicyclic amines) is 1. The molecule has 5 nitrogen and oxygen atoms in total. The molecule has 3 rings (SSSR count). The lowest BCUT2D eigenvalue weighted by atomic mass is 9.67. The van der Waals surface area contributed by atoms with E-state index in [1.165, 1.54) is 24.1 Å². The van der Waals surface area contributed by atoms with Crippen molar-refractivity contribution >= 4 is 18.0 Å². The molecular formula is C21H20FNO4. The largest absolute Gasteiger partial charge is 0.497 e. The molecule has 0 aromatic heterocycles. The lowest BCUT2D eigenvalue weighted by Gasteiger charge is -2.51. The van der Waals surface area contributed by atoms with Gasteiger partial charge in [-0.05, 0) is 35.4 Å². The molecule has 0 aliphatic carbocycles. The summed E-state index contributed by atoms with van der Waals surface area (Å²) in [6, 6.07) is 12.4. The molecule has 2 atom stereocenters. The zero-order valence-corrected chi connectivity index (χ0v) is 15.3. The lowest BCUT2D eigenvalue weighted by Crippen LogP contribution is -2.64. The highest BCUT2D eigenvalue weighted by molar-refractivity contribution is 6.11. The van der Waals surface area contributed by atoms with Crippen LogP contribution in [-0.2, 0) is 14.3 Å². The Morgan fingerprint density at radius 1 is 1.11 bits per heavy atom. The fraction of sp³-hybridized carbons (Fsp3) is 0.238. The molecule has 1 saturated heterocycles. The molecule has 0 N–H and O–H groups in total. The van der Waals surface area contributed by atoms with Crippen LogP contribution in [0.2, 0.25) is 0 Å². The minimum atomic E-state index is -1.48. The number of nitrogens with zero attached hydrogens (tertiary/aromatic N) is 1. The number of amides is 1. The predicted octanol–water partition coefficient (Wildman–Crippen LogP) is 3.22. The van der Waals surface area contributed by atoms with Crippen molar-refractivity contribution in [1.29, 1.82) is 0 Å². The van der Waals surface area contributed by atoms with Crippen LogP contribution in [0.3, 0.4) is 0 Å². The van der Waals surface area contributed by atoms with E-state index in [2.05, 4.69) is 0 Å². The fourth-order valence-corrected chi connectivity index (χ4v) is 3.44. The molecule has 0 unspecified atom stereocenters. The van der Waals surface area contributed by atoms with Crippen LogP contribution in [0, 0.1) is 11.2 Å². The quantitative estimate of drug-likeness (QED) is 0.461. The molecule has 1 fully saturated rings. The van der Waals surface area contributed by atoms with Crippen LogP contribution in [0.5, 0.6) is 5.75 Å². The number of halogens is 1. The van der Waals surface area contributed by atoms with Crippen molar-refractivity contribution in [2.45, 2.75) is 6.04 Å². The SMILES string of the molecule is COC(=O)[C@]1(/C=C/c2ccc(OC)cc2)C(=O)N(C)[C@@H]1c1ccc(F)cc1. The first-order valence-corrected chi connectivity index (χ1v) is 8.38. The molecule has 0 saturated carbocycles. The Morgan fingerprint density at radius 3 is 2.30 bits per heavy atom. The number of carbonyl (C=O) groups is 2. The van der Waals surface area contributed by atoms with Crippen LogP contribution < -0.4 is 4.74 Å². The fourth-order valence-electron chi connectivity index (χ4n) is 3.44. The molecule has 1 aliphatic rings. The van der Waals surface area contributed by atoms with Gasteiger partial charge in [-0.2, -0.15) is 0 Å². The summed E-state index contributed by atoms with van der Waals surface area (Å²) < 4.78 is 23.4. The van der Waals surface area contributed by atoms with Crippen molar-refractivity contribution in [1.82, 2.24) is 4.90 Å². The van der Waals surface area contributed by atoms with Crippen LogP contribution in [0.15, 0.2) is 54.6 Å². The Hall–Kier alpha value is -3.15. The van der Waals surface area contributed by atoms with E-state index in [4.69, 9.17) is 9.47 Å². The monoisotopic (exact) mass is 369 g/mol. The van der Waals surface area contributed by atoms with Crippen molar-refractivity contribution in [3.8, 4) is 5.75 Å². The number of rotatable bonds is 5. The number of hydrogen-bond donors (Lipinski definition) is 0. The minimum absolute atomic E-state index is 0.367. The number of β-lactam (4-membered cyclic amide) rings is 1. The second-order valence-electron chi connectivity index (χ2n) is 6.34. The molecule has 6 heteroatoms. The van der Waals surface area contributed by atoms with Gasteiger partial charge in [-0.3, -0.25) is 9.59 Å². The molecule has 0 spiro atoms. The van der Waals surface area contributed by atoms with Gasteiger partial charge >= 0.3 is 5.97 Å². The van der Waals surface area contributed by atoms with Gasteiger partial charge in [0.15, 0.2) is 5.41 Å². The first-order chi connectivity index (χ1) is 12.9. The van der Waals surface area contributed by atoms with Gasteiger partial charge in [0.05, 0.1) is 20.3 Å². The van der Waals surface area contributed by atoms with Crippen LogP contribution in [-0.4, -0.2) is 38.0 Å². The second kappa shape index (κ2) is 7.23. The number of esters is 1. The first kappa shape index (κ1) is 18.6. The summed E-state index contributed by atoms with van der Waals surface area (Å²) in [5, 5.41) is 0. The molecule has 0 bridgehead atoms. The maximum absolute atomic E-state index is 13.3. The summed E-state index contributed by atoms with van der Waals surface area (Å²) in [5.74, 6) is -0.693. The van der Waals surface area contributed by atoms with E-state index in [-0.39, 0.29) is 11.7 Å². The van der Waals surface area contributed by atoms with Crippen molar-refractivity contribution in [2.75, 3.05) is 21.3 Å². The minimum Gasteiger partial charge on any atom is -0.497 e. The van der Waals surface area contributed by atoms with E-state index in [0.717, 1.165) is 5.56 Å². The van der Waals surface area contributed by atoms with E-state index in [9.17, 15) is 14.0 Å². The zero-order valence-electron chi connectivity index (χ0n) is 15.3. The van der Waals surface area contributed by atoms with Crippen LogP contribution in [0.4, 0.5) is 4.39 Å². The molecule has 2 aromatic carbocycles. The number of benzene rings is 2. The molecular weight excluding hydrogens is 349 g/mol. The van der Waals surface area contributed by atoms with E-state index < -0.39 is 17.4 Å². The average molecular weight is 369 g/mol. The van der Waals surface area contributed by atoms with E-state index in [1.807, 2.05) is 12.1 Å². The van der Waals surface area contributed by atoms with Gasteiger partial charge in [-0.15, -0.1) is 0 Å². The third-order valence-corrected chi connectivity index (χ3v) is 4.86. The van der Waals surface area contributed by atoms with Crippen molar-refractivity contribution < 1.29 is 23.5 Å². The Bertz CT molecular complexity index is 866. The average Bonchev–Trinajstić information content (AvgIpc) is 2.71. The molecule has 27 heavy (non-hydrogen) atoms. The molecule has 2 aromatic rings. The Kier molecular flexibility index (Phi) is 4.99. The number of ether oxygens (including phenoxy) is 2. The molecule has 1 heterocycles. The highest BCUT2D eigenvalue weighted by Crippen LogP contribution is 2.51. The Morgan fingerprint density at radius 2 is 1.74 bits per heavy atom. The summed E-state index contributed by atoms with van der Waals surface area (Å²) in [7, 11) is 4.44. The van der Waals surface area contributed by atoms with Gasteiger partial charge in [0.1, 0.15) is 11.6 Å². The normalized spacial score (nSPS) is 21.9. The smallest absolute Gasteiger partial charge is 0.327 e. The highest BCUT2D eigenvalue weighted by Gasteiger charge is 2.64. The summed E-state index contributed by atoms with van der Waals surface area (Å²) in [6.45, 7) is 0. The molecule has 0 radical (unpaired) electrons. The Balaban J connectivity index is 2.02. The summed E-state index contributed by atoms with van der Waals surface area (Å²) in [4.78, 5) is 26.8. The molecule has 1 aliphatic heterocycles. The lowest BCUT2D eigenvalue weighted by molar-refractivity contribution is -0.180. The number of carbonyl (C=O) groups excluding carboxylic acids is 2. The van der Waals surface area contributed by atoms with E-state index >= 15 is 0 Å². The standard InChI is InChI=1S/C21H20FNO4/c1-23-18(15-6-8-16(22)9-7-15)21(19(23)24,20(25)27-3)13-12-14-4-10-17(26-2)11-5-14/h4-13,18H,1-3H3/b13-12+/t18-,21+/m1/s1.